The summed E-state index contributed by atoms with van der Waals surface area (Å²) in [6.45, 7) is 3.02. The van der Waals surface area contributed by atoms with Crippen LogP contribution in [0.1, 0.15) is 43.2 Å². The molecule has 0 heterocycles. The van der Waals surface area contributed by atoms with E-state index < -0.39 is 13.4 Å². The topological polar surface area (TPSA) is 111 Å². The molecule has 2 aromatic rings. The fourth-order valence-corrected chi connectivity index (χ4v) is 4.27. The normalized spacial score (nSPS) is 21.5. The quantitative estimate of drug-likeness (QED) is 0.487. The molecule has 8 heteroatoms. The highest BCUT2D eigenvalue weighted by Gasteiger charge is 2.38. The molecular weight excluding hydrogens is 405 g/mol. The number of phosphoric ester groups is 1. The summed E-state index contributed by atoms with van der Waals surface area (Å²) in [6.07, 6.45) is 2.99. The summed E-state index contributed by atoms with van der Waals surface area (Å²) >= 11 is 0. The van der Waals surface area contributed by atoms with E-state index in [-0.39, 0.29) is 12.5 Å². The number of benzene rings is 2. The predicted octanol–water partition coefficient (Wildman–Crippen LogP) is 3.78. The van der Waals surface area contributed by atoms with Gasteiger partial charge in [-0.1, -0.05) is 30.3 Å². The molecule has 0 radical (unpaired) electrons. The summed E-state index contributed by atoms with van der Waals surface area (Å²) < 4.78 is 26.9. The van der Waals surface area contributed by atoms with Crippen molar-refractivity contribution >= 4 is 7.82 Å². The Labute approximate surface area is 177 Å². The Kier molecular flexibility index (Phi) is 7.55. The van der Waals surface area contributed by atoms with Gasteiger partial charge in [-0.3, -0.25) is 4.52 Å². The fraction of sp³-hybridized carbons (Fsp3) is 0.455. The minimum absolute atomic E-state index is 0.131. The number of ether oxygens (including phenoxy) is 2. The van der Waals surface area contributed by atoms with Crippen LogP contribution in [0.5, 0.6) is 11.5 Å². The molecule has 4 N–H and O–H groups in total. The van der Waals surface area contributed by atoms with E-state index in [2.05, 4.69) is 28.8 Å². The van der Waals surface area contributed by atoms with Crippen LogP contribution >= 0.6 is 7.82 Å². The monoisotopic (exact) mass is 435 g/mol. The summed E-state index contributed by atoms with van der Waals surface area (Å²) in [4.78, 5) is 17.8. The zero-order chi connectivity index (χ0) is 21.6. The van der Waals surface area contributed by atoms with Gasteiger partial charge in [-0.25, -0.2) is 4.57 Å². The molecule has 0 spiro atoms. The van der Waals surface area contributed by atoms with Gasteiger partial charge in [0.25, 0.3) is 0 Å². The van der Waals surface area contributed by atoms with E-state index in [4.69, 9.17) is 25.0 Å². The van der Waals surface area contributed by atoms with Crippen molar-refractivity contribution in [2.45, 2.75) is 44.1 Å². The molecule has 0 aromatic heterocycles. The summed E-state index contributed by atoms with van der Waals surface area (Å²) in [5.74, 6) is 1.86. The molecule has 7 nitrogen and oxygen atoms in total. The first-order valence-electron chi connectivity index (χ1n) is 10.2. The minimum Gasteiger partial charge on any atom is -0.494 e. The van der Waals surface area contributed by atoms with Crippen molar-refractivity contribution in [3.63, 3.8) is 0 Å². The highest BCUT2D eigenvalue weighted by Crippen LogP contribution is 2.43. The first-order valence-corrected chi connectivity index (χ1v) is 11.7. The summed E-state index contributed by atoms with van der Waals surface area (Å²) in [6, 6.07) is 16.0. The van der Waals surface area contributed by atoms with Gasteiger partial charge in [0.15, 0.2) is 0 Å². The highest BCUT2D eigenvalue weighted by molar-refractivity contribution is 7.46. The SMILES string of the molecule is CCOc1cccc(OCCc2ccc([C@@H]3CC[C@](N)(COP(=O)(O)O)C3)cc2)c1. The second-order valence-electron chi connectivity index (χ2n) is 7.81. The predicted molar refractivity (Wildman–Crippen MR) is 115 cm³/mol. The lowest BCUT2D eigenvalue weighted by Gasteiger charge is -2.24. The van der Waals surface area contributed by atoms with Crippen molar-refractivity contribution in [2.75, 3.05) is 19.8 Å². The molecule has 3 rings (SSSR count). The molecule has 1 aliphatic rings. The van der Waals surface area contributed by atoms with E-state index in [1.165, 1.54) is 11.1 Å². The maximum atomic E-state index is 10.9. The first kappa shape index (κ1) is 22.8. The molecule has 0 saturated heterocycles. The average molecular weight is 435 g/mol. The number of hydrogen-bond donors (Lipinski definition) is 3. The molecule has 164 valence electrons. The van der Waals surface area contributed by atoms with Crippen LogP contribution in [-0.2, 0) is 15.5 Å². The van der Waals surface area contributed by atoms with Gasteiger partial charge >= 0.3 is 7.82 Å². The van der Waals surface area contributed by atoms with Gasteiger partial charge in [-0.15, -0.1) is 0 Å². The van der Waals surface area contributed by atoms with Gasteiger partial charge in [-0.05, 0) is 55.4 Å². The van der Waals surface area contributed by atoms with Gasteiger partial charge in [0.1, 0.15) is 11.5 Å². The van der Waals surface area contributed by atoms with Crippen LogP contribution in [0.3, 0.4) is 0 Å². The van der Waals surface area contributed by atoms with Gasteiger partial charge in [0.05, 0.1) is 19.8 Å². The Morgan fingerprint density at radius 2 is 1.83 bits per heavy atom. The second-order valence-corrected chi connectivity index (χ2v) is 9.05. The van der Waals surface area contributed by atoms with Crippen molar-refractivity contribution in [1.29, 1.82) is 0 Å². The fourth-order valence-electron chi connectivity index (χ4n) is 3.85. The molecule has 0 bridgehead atoms. The van der Waals surface area contributed by atoms with Gasteiger partial charge in [0, 0.05) is 18.0 Å². The van der Waals surface area contributed by atoms with Crippen LogP contribution in [0.15, 0.2) is 48.5 Å². The van der Waals surface area contributed by atoms with Gasteiger partial charge in [0.2, 0.25) is 0 Å². The molecule has 0 unspecified atom stereocenters. The van der Waals surface area contributed by atoms with Crippen LogP contribution < -0.4 is 15.2 Å². The Morgan fingerprint density at radius 3 is 2.50 bits per heavy atom. The van der Waals surface area contributed by atoms with Gasteiger partial charge < -0.3 is 25.0 Å². The van der Waals surface area contributed by atoms with Crippen molar-refractivity contribution in [2.24, 2.45) is 5.73 Å². The van der Waals surface area contributed by atoms with Crippen LogP contribution in [-0.4, -0.2) is 35.1 Å². The van der Waals surface area contributed by atoms with E-state index in [1.54, 1.807) is 0 Å². The van der Waals surface area contributed by atoms with E-state index in [0.717, 1.165) is 24.3 Å². The van der Waals surface area contributed by atoms with Crippen molar-refractivity contribution in [1.82, 2.24) is 0 Å². The molecule has 30 heavy (non-hydrogen) atoms. The zero-order valence-corrected chi connectivity index (χ0v) is 18.1. The van der Waals surface area contributed by atoms with Gasteiger partial charge in [-0.2, -0.15) is 0 Å². The second kappa shape index (κ2) is 9.94. The number of nitrogens with two attached hydrogens (primary N) is 1. The highest BCUT2D eigenvalue weighted by atomic mass is 31.2. The van der Waals surface area contributed by atoms with E-state index >= 15 is 0 Å². The third-order valence-corrected chi connectivity index (χ3v) is 5.86. The Morgan fingerprint density at radius 1 is 1.13 bits per heavy atom. The maximum Gasteiger partial charge on any atom is 0.469 e. The van der Waals surface area contributed by atoms with E-state index in [9.17, 15) is 4.57 Å². The molecule has 2 atom stereocenters. The largest absolute Gasteiger partial charge is 0.494 e. The molecule has 2 aromatic carbocycles. The summed E-state index contributed by atoms with van der Waals surface area (Å²) in [5, 5.41) is 0. The Balaban J connectivity index is 1.48. The molecule has 1 saturated carbocycles. The lowest BCUT2D eigenvalue weighted by atomic mass is 9.93. The standard InChI is InChI=1S/C22H30NO6P/c1-2-27-20-4-3-5-21(14-20)28-13-11-17-6-8-18(9-7-17)19-10-12-22(23,15-19)16-29-30(24,25)26/h3-9,14,19H,2,10-13,15-16,23H2,1H3,(H2,24,25,26)/t19-,22-/m1/s1. The molecule has 0 aliphatic heterocycles. The number of hydrogen-bond acceptors (Lipinski definition) is 5. The third kappa shape index (κ3) is 6.83. The summed E-state index contributed by atoms with van der Waals surface area (Å²) in [7, 11) is -4.50. The van der Waals surface area contributed by atoms with Crippen LogP contribution in [0.25, 0.3) is 0 Å². The molecule has 1 aliphatic carbocycles. The zero-order valence-electron chi connectivity index (χ0n) is 17.2. The average Bonchev–Trinajstić information content (AvgIpc) is 3.10. The first-order chi connectivity index (χ1) is 14.3. The Bertz CT molecular complexity index is 868. The molecule has 1 fully saturated rings. The van der Waals surface area contributed by atoms with Crippen LogP contribution in [0.4, 0.5) is 0 Å². The molecule has 0 amide bonds. The van der Waals surface area contributed by atoms with Crippen molar-refractivity contribution < 1.29 is 28.3 Å². The van der Waals surface area contributed by atoms with Crippen LogP contribution in [0, 0.1) is 0 Å². The summed E-state index contributed by atoms with van der Waals surface area (Å²) in [5.41, 5.74) is 7.95. The van der Waals surface area contributed by atoms with E-state index in [0.29, 0.717) is 26.1 Å². The Hall–Kier alpha value is -1.89. The molecular formula is C22H30NO6P. The maximum absolute atomic E-state index is 10.9. The number of phosphoric acid groups is 1. The van der Waals surface area contributed by atoms with E-state index in [1.807, 2.05) is 31.2 Å². The van der Waals surface area contributed by atoms with Crippen molar-refractivity contribution in [3.8, 4) is 11.5 Å². The lowest BCUT2D eigenvalue weighted by Crippen LogP contribution is -2.41. The minimum atomic E-state index is -4.50. The smallest absolute Gasteiger partial charge is 0.469 e. The lowest BCUT2D eigenvalue weighted by molar-refractivity contribution is 0.153. The van der Waals surface area contributed by atoms with Crippen LogP contribution in [0.2, 0.25) is 0 Å². The third-order valence-electron chi connectivity index (χ3n) is 5.39. The number of rotatable bonds is 10. The van der Waals surface area contributed by atoms with Crippen molar-refractivity contribution in [3.05, 3.63) is 59.7 Å².